The summed E-state index contributed by atoms with van der Waals surface area (Å²) in [6, 6.07) is 58.2. The summed E-state index contributed by atoms with van der Waals surface area (Å²) in [5.74, 6) is 1.99. The maximum atomic E-state index is 5.16. The van der Waals surface area contributed by atoms with Crippen LogP contribution in [0, 0.1) is 0 Å². The van der Waals surface area contributed by atoms with Crippen LogP contribution in [0.5, 0.6) is 0 Å². The van der Waals surface area contributed by atoms with Gasteiger partial charge >= 0.3 is 0 Å². The van der Waals surface area contributed by atoms with Crippen molar-refractivity contribution in [1.29, 1.82) is 0 Å². The fourth-order valence-electron chi connectivity index (χ4n) is 7.25. The van der Waals surface area contributed by atoms with Crippen molar-refractivity contribution in [3.05, 3.63) is 164 Å². The number of hydrogen-bond donors (Lipinski definition) is 0. The van der Waals surface area contributed by atoms with Crippen LogP contribution in [-0.4, -0.2) is 23.0 Å². The number of benzene rings is 7. The third kappa shape index (κ3) is 5.18. The van der Waals surface area contributed by atoms with Crippen molar-refractivity contribution >= 4 is 29.2 Å². The van der Waals surface area contributed by atoms with Gasteiger partial charge in [0.25, 0.3) is 0 Å². The molecule has 0 saturated carbocycles. The quantitative estimate of drug-likeness (QED) is 0.175. The zero-order valence-electron chi connectivity index (χ0n) is 27.4. The lowest BCUT2D eigenvalue weighted by atomic mass is 9.99. The number of nitrogens with zero attached hydrogens (tertiary/aromatic N) is 3. The Balaban J connectivity index is 1.20. The van der Waals surface area contributed by atoms with Crippen LogP contribution in [0.1, 0.15) is 0 Å². The molecule has 0 atom stereocenters. The van der Waals surface area contributed by atoms with Gasteiger partial charge in [-0.05, 0) is 72.7 Å². The molecule has 0 spiro atoms. The van der Waals surface area contributed by atoms with Crippen LogP contribution < -0.4 is 10.4 Å². The van der Waals surface area contributed by atoms with Gasteiger partial charge < -0.3 is 0 Å². The van der Waals surface area contributed by atoms with Crippen molar-refractivity contribution in [2.24, 2.45) is 0 Å². The Labute approximate surface area is 287 Å². The molecule has 3 nitrogen and oxygen atoms in total. The van der Waals surface area contributed by atoms with Gasteiger partial charge in [-0.2, -0.15) is 0 Å². The molecule has 7 aromatic carbocycles. The lowest BCUT2D eigenvalue weighted by Crippen LogP contribution is -2.49. The molecule has 1 aromatic heterocycles. The normalized spacial score (nSPS) is 12.9. The second-order valence-corrected chi connectivity index (χ2v) is 17.7. The van der Waals surface area contributed by atoms with Gasteiger partial charge in [0.05, 0.1) is 0 Å². The summed E-state index contributed by atoms with van der Waals surface area (Å²) >= 11 is 0. The van der Waals surface area contributed by atoms with Crippen molar-refractivity contribution in [2.45, 2.75) is 13.1 Å². The number of rotatable bonds is 5. The average molecular weight is 644 g/mol. The van der Waals surface area contributed by atoms with E-state index in [0.29, 0.717) is 17.5 Å². The summed E-state index contributed by atoms with van der Waals surface area (Å²) in [4.78, 5) is 15.4. The highest BCUT2D eigenvalue weighted by atomic mass is 28.3. The Morgan fingerprint density at radius 3 is 1.45 bits per heavy atom. The Kier molecular flexibility index (Phi) is 6.92. The third-order valence-electron chi connectivity index (χ3n) is 9.91. The predicted octanol–water partition coefficient (Wildman–Crippen LogP) is 10.2. The SMILES string of the molecule is C[Si]1(C)c2ccc(-c3nc(-c4ccc(-c5ccccc5)cc4)nc(-c4cccc(-c5ccccc5)c4)n3)cc2-c2cc3ccccc3cc21. The van der Waals surface area contributed by atoms with Crippen molar-refractivity contribution in [1.82, 2.24) is 15.0 Å². The van der Waals surface area contributed by atoms with Crippen LogP contribution in [0.4, 0.5) is 0 Å². The molecule has 2 heterocycles. The van der Waals surface area contributed by atoms with Gasteiger partial charge in [0.2, 0.25) is 0 Å². The largest absolute Gasteiger partial charge is 0.208 e. The molecular formula is C45H33N3Si. The summed E-state index contributed by atoms with van der Waals surface area (Å²) in [7, 11) is -1.87. The molecule has 0 fully saturated rings. The molecule has 0 unspecified atom stereocenters. The Bertz CT molecular complexity index is 2510. The summed E-state index contributed by atoms with van der Waals surface area (Å²) in [5, 5.41) is 5.53. The average Bonchev–Trinajstić information content (AvgIpc) is 3.39. The lowest BCUT2D eigenvalue weighted by Gasteiger charge is -2.19. The molecule has 0 bridgehead atoms. The van der Waals surface area contributed by atoms with Crippen molar-refractivity contribution in [2.75, 3.05) is 0 Å². The van der Waals surface area contributed by atoms with Gasteiger partial charge in [-0.25, -0.2) is 15.0 Å². The monoisotopic (exact) mass is 643 g/mol. The molecular weight excluding hydrogens is 611 g/mol. The molecule has 1 aliphatic rings. The summed E-state index contributed by atoms with van der Waals surface area (Å²) < 4.78 is 0. The molecule has 232 valence electrons. The van der Waals surface area contributed by atoms with Crippen LogP contribution in [-0.2, 0) is 0 Å². The van der Waals surface area contributed by atoms with Crippen LogP contribution in [0.15, 0.2) is 164 Å². The molecule has 0 radical (unpaired) electrons. The first-order chi connectivity index (χ1) is 24.0. The lowest BCUT2D eigenvalue weighted by molar-refractivity contribution is 1.07. The first kappa shape index (κ1) is 29.2. The van der Waals surface area contributed by atoms with Gasteiger partial charge in [-0.1, -0.05) is 159 Å². The molecule has 9 rings (SSSR count). The third-order valence-corrected chi connectivity index (χ3v) is 13.5. The van der Waals surface area contributed by atoms with Gasteiger partial charge in [0, 0.05) is 16.7 Å². The van der Waals surface area contributed by atoms with E-state index < -0.39 is 8.07 Å². The van der Waals surface area contributed by atoms with Crippen LogP contribution >= 0.6 is 0 Å². The van der Waals surface area contributed by atoms with Gasteiger partial charge in [0.1, 0.15) is 8.07 Å². The highest BCUT2D eigenvalue weighted by Crippen LogP contribution is 2.35. The number of fused-ring (bicyclic) bond motifs is 4. The molecule has 0 N–H and O–H groups in total. The van der Waals surface area contributed by atoms with E-state index in [9.17, 15) is 0 Å². The van der Waals surface area contributed by atoms with Crippen LogP contribution in [0.3, 0.4) is 0 Å². The second kappa shape index (κ2) is 11.6. The minimum Gasteiger partial charge on any atom is -0.208 e. The van der Waals surface area contributed by atoms with E-state index >= 15 is 0 Å². The van der Waals surface area contributed by atoms with Crippen LogP contribution in [0.2, 0.25) is 13.1 Å². The first-order valence-electron chi connectivity index (χ1n) is 16.8. The Morgan fingerprint density at radius 1 is 0.327 bits per heavy atom. The summed E-state index contributed by atoms with van der Waals surface area (Å²) in [6.07, 6.45) is 0. The van der Waals surface area contributed by atoms with Gasteiger partial charge in [-0.3, -0.25) is 0 Å². The number of hydrogen-bond acceptors (Lipinski definition) is 3. The zero-order chi connectivity index (χ0) is 33.0. The Morgan fingerprint density at radius 2 is 0.776 bits per heavy atom. The molecule has 4 heteroatoms. The molecule has 0 aliphatic carbocycles. The van der Waals surface area contributed by atoms with Crippen molar-refractivity contribution < 1.29 is 0 Å². The second-order valence-electron chi connectivity index (χ2n) is 13.3. The standard InChI is InChI=1S/C45H33N3Si/c1-49(2)41-25-24-38(28-39(41)40-27-35-16-9-10-17-36(35)29-42(40)49)45-47-43(33-22-20-32(21-23-33)30-12-5-3-6-13-30)46-44(48-45)37-19-11-18-34(26-37)31-14-7-4-8-15-31/h3-29H,1-2H3. The van der Waals surface area contributed by atoms with Crippen LogP contribution in [0.25, 0.3) is 78.3 Å². The summed E-state index contributed by atoms with van der Waals surface area (Å²) in [6.45, 7) is 4.92. The topological polar surface area (TPSA) is 38.7 Å². The van der Waals surface area contributed by atoms with Gasteiger partial charge in [0.15, 0.2) is 17.5 Å². The van der Waals surface area contributed by atoms with Gasteiger partial charge in [-0.15, -0.1) is 0 Å². The minimum atomic E-state index is -1.87. The van der Waals surface area contributed by atoms with E-state index in [4.69, 9.17) is 15.0 Å². The van der Waals surface area contributed by atoms with Crippen molar-refractivity contribution in [3.8, 4) is 67.5 Å². The smallest absolute Gasteiger partial charge is 0.164 e. The molecule has 0 amide bonds. The minimum absolute atomic E-state index is 0.659. The zero-order valence-corrected chi connectivity index (χ0v) is 28.4. The van der Waals surface area contributed by atoms with E-state index in [0.717, 1.165) is 33.4 Å². The maximum absolute atomic E-state index is 5.16. The fraction of sp³-hybridized carbons (Fsp3) is 0.0444. The maximum Gasteiger partial charge on any atom is 0.164 e. The molecule has 49 heavy (non-hydrogen) atoms. The highest BCUT2D eigenvalue weighted by molar-refractivity contribution is 7.04. The fourth-order valence-corrected chi connectivity index (χ4v) is 10.3. The predicted molar refractivity (Wildman–Crippen MR) is 207 cm³/mol. The first-order valence-corrected chi connectivity index (χ1v) is 19.8. The molecule has 8 aromatic rings. The van der Waals surface area contributed by atoms with E-state index in [-0.39, 0.29) is 0 Å². The molecule has 1 aliphatic heterocycles. The summed E-state index contributed by atoms with van der Waals surface area (Å²) in [5.41, 5.74) is 10.2. The molecule has 0 saturated heterocycles. The van der Waals surface area contributed by atoms with Crippen molar-refractivity contribution in [3.63, 3.8) is 0 Å². The van der Waals surface area contributed by atoms with E-state index in [1.54, 1.807) is 0 Å². The van der Waals surface area contributed by atoms with E-state index in [1.807, 2.05) is 12.1 Å². The van der Waals surface area contributed by atoms with E-state index in [2.05, 4.69) is 165 Å². The van der Waals surface area contributed by atoms with E-state index in [1.165, 1.54) is 37.8 Å². The highest BCUT2D eigenvalue weighted by Gasteiger charge is 2.38. The Hall–Kier alpha value is -5.97. The number of aromatic nitrogens is 3.